The van der Waals surface area contributed by atoms with Crippen LogP contribution in [0, 0.1) is 11.6 Å². The Morgan fingerprint density at radius 2 is 1.75 bits per heavy atom. The van der Waals surface area contributed by atoms with Gasteiger partial charge in [0, 0.05) is 13.1 Å². The third kappa shape index (κ3) is 3.74. The molecule has 0 saturated heterocycles. The predicted molar refractivity (Wildman–Crippen MR) is 72.7 cm³/mol. The number of benzene rings is 1. The van der Waals surface area contributed by atoms with Gasteiger partial charge in [-0.2, -0.15) is 15.0 Å². The summed E-state index contributed by atoms with van der Waals surface area (Å²) < 4.78 is 25.9. The van der Waals surface area contributed by atoms with Gasteiger partial charge in [-0.15, -0.1) is 0 Å². The monoisotopic (exact) mass is 299 g/mol. The molecule has 0 fully saturated rings. The fraction of sp³-hybridized carbons (Fsp3) is 0.250. The molecule has 0 radical (unpaired) electrons. The molecule has 1 aromatic carbocycles. The van der Waals surface area contributed by atoms with Crippen LogP contribution in [0.5, 0.6) is 0 Å². The third-order valence-electron chi connectivity index (χ3n) is 2.38. The van der Waals surface area contributed by atoms with Crippen LogP contribution in [-0.2, 0) is 6.54 Å². The molecule has 0 aliphatic carbocycles. The Kier molecular flexibility index (Phi) is 4.62. The summed E-state index contributed by atoms with van der Waals surface area (Å²) in [5, 5.41) is 5.82. The second-order valence-corrected chi connectivity index (χ2v) is 4.22. The van der Waals surface area contributed by atoms with Crippen molar-refractivity contribution in [2.75, 3.05) is 17.2 Å². The highest BCUT2D eigenvalue weighted by Crippen LogP contribution is 2.12. The van der Waals surface area contributed by atoms with Gasteiger partial charge >= 0.3 is 0 Å². The fourth-order valence-corrected chi connectivity index (χ4v) is 1.66. The zero-order valence-electron chi connectivity index (χ0n) is 10.6. The molecular formula is C12H12ClF2N5. The Balaban J connectivity index is 2.08. The lowest BCUT2D eigenvalue weighted by Gasteiger charge is -2.07. The van der Waals surface area contributed by atoms with Crippen LogP contribution in [0.1, 0.15) is 12.5 Å². The first-order valence-electron chi connectivity index (χ1n) is 5.91. The molecule has 0 aliphatic heterocycles. The lowest BCUT2D eigenvalue weighted by molar-refractivity contribution is 0.507. The average molecular weight is 300 g/mol. The Morgan fingerprint density at radius 1 is 1.05 bits per heavy atom. The summed E-state index contributed by atoms with van der Waals surface area (Å²) in [5.74, 6) is -1.18. The zero-order chi connectivity index (χ0) is 14.5. The van der Waals surface area contributed by atoms with Crippen molar-refractivity contribution in [3.05, 3.63) is 40.7 Å². The van der Waals surface area contributed by atoms with Crippen molar-refractivity contribution in [2.24, 2.45) is 0 Å². The van der Waals surface area contributed by atoms with Crippen LogP contribution in [0.2, 0.25) is 5.28 Å². The number of rotatable bonds is 5. The standard InChI is InChI=1S/C12H12ClF2N5/c1-2-16-11-18-10(13)19-12(20-11)17-6-7-3-4-8(14)9(15)5-7/h3-5H,2,6H2,1H3,(H2,16,17,18,19,20). The van der Waals surface area contributed by atoms with E-state index in [2.05, 4.69) is 25.6 Å². The highest BCUT2D eigenvalue weighted by molar-refractivity contribution is 6.28. The van der Waals surface area contributed by atoms with Gasteiger partial charge in [-0.05, 0) is 36.2 Å². The van der Waals surface area contributed by atoms with Crippen LogP contribution in [-0.4, -0.2) is 21.5 Å². The molecule has 8 heteroatoms. The molecule has 0 atom stereocenters. The van der Waals surface area contributed by atoms with Crippen LogP contribution >= 0.6 is 11.6 Å². The third-order valence-corrected chi connectivity index (χ3v) is 2.55. The summed E-state index contributed by atoms with van der Waals surface area (Å²) in [7, 11) is 0. The number of aromatic nitrogens is 3. The lowest BCUT2D eigenvalue weighted by Crippen LogP contribution is -2.09. The summed E-state index contributed by atoms with van der Waals surface area (Å²) in [6.45, 7) is 2.78. The van der Waals surface area contributed by atoms with Gasteiger partial charge in [0.05, 0.1) is 0 Å². The maximum Gasteiger partial charge on any atom is 0.229 e. The Bertz CT molecular complexity index is 608. The van der Waals surface area contributed by atoms with E-state index in [0.29, 0.717) is 18.1 Å². The molecule has 0 spiro atoms. The summed E-state index contributed by atoms with van der Waals surface area (Å²) in [6.07, 6.45) is 0. The van der Waals surface area contributed by atoms with E-state index in [-0.39, 0.29) is 17.8 Å². The molecule has 1 heterocycles. The lowest BCUT2D eigenvalue weighted by atomic mass is 10.2. The van der Waals surface area contributed by atoms with Gasteiger partial charge in [-0.25, -0.2) is 8.78 Å². The normalized spacial score (nSPS) is 10.4. The van der Waals surface area contributed by atoms with E-state index < -0.39 is 11.6 Å². The zero-order valence-corrected chi connectivity index (χ0v) is 11.4. The number of anilines is 2. The molecule has 0 aliphatic rings. The van der Waals surface area contributed by atoms with E-state index in [1.165, 1.54) is 6.07 Å². The van der Waals surface area contributed by atoms with Gasteiger partial charge in [0.15, 0.2) is 11.6 Å². The molecule has 0 unspecified atom stereocenters. The van der Waals surface area contributed by atoms with Crippen molar-refractivity contribution in [1.29, 1.82) is 0 Å². The second kappa shape index (κ2) is 6.42. The Morgan fingerprint density at radius 3 is 2.40 bits per heavy atom. The molecule has 2 N–H and O–H groups in total. The summed E-state index contributed by atoms with van der Waals surface area (Å²) in [6, 6.07) is 3.65. The molecule has 2 aromatic rings. The quantitative estimate of drug-likeness (QED) is 0.889. The highest BCUT2D eigenvalue weighted by atomic mass is 35.5. The number of nitrogens with zero attached hydrogens (tertiary/aromatic N) is 3. The summed E-state index contributed by atoms with van der Waals surface area (Å²) in [4.78, 5) is 11.9. The maximum atomic E-state index is 13.1. The molecular weight excluding hydrogens is 288 g/mol. The summed E-state index contributed by atoms with van der Waals surface area (Å²) in [5.41, 5.74) is 0.561. The highest BCUT2D eigenvalue weighted by Gasteiger charge is 2.06. The molecule has 0 bridgehead atoms. The van der Waals surface area contributed by atoms with Crippen molar-refractivity contribution < 1.29 is 8.78 Å². The van der Waals surface area contributed by atoms with Gasteiger partial charge in [0.25, 0.3) is 0 Å². The van der Waals surface area contributed by atoms with Crippen molar-refractivity contribution in [3.63, 3.8) is 0 Å². The smallest absolute Gasteiger partial charge is 0.229 e. The van der Waals surface area contributed by atoms with Crippen molar-refractivity contribution in [2.45, 2.75) is 13.5 Å². The first-order chi connectivity index (χ1) is 9.58. The van der Waals surface area contributed by atoms with Crippen LogP contribution in [0.15, 0.2) is 18.2 Å². The van der Waals surface area contributed by atoms with Crippen molar-refractivity contribution in [3.8, 4) is 0 Å². The topological polar surface area (TPSA) is 62.7 Å². The van der Waals surface area contributed by atoms with Crippen LogP contribution < -0.4 is 10.6 Å². The van der Waals surface area contributed by atoms with E-state index in [9.17, 15) is 8.78 Å². The first kappa shape index (κ1) is 14.4. The minimum atomic E-state index is -0.897. The fourth-order valence-electron chi connectivity index (χ4n) is 1.50. The Hall–Kier alpha value is -2.02. The van der Waals surface area contributed by atoms with E-state index in [1.54, 1.807) is 0 Å². The number of hydrogen-bond donors (Lipinski definition) is 2. The Labute approximate surface area is 119 Å². The van der Waals surface area contributed by atoms with Crippen molar-refractivity contribution >= 4 is 23.5 Å². The minimum Gasteiger partial charge on any atom is -0.354 e. The van der Waals surface area contributed by atoms with Gasteiger partial charge in [-0.3, -0.25) is 0 Å². The van der Waals surface area contributed by atoms with Crippen LogP contribution in [0.4, 0.5) is 20.7 Å². The molecule has 2 rings (SSSR count). The molecule has 20 heavy (non-hydrogen) atoms. The largest absolute Gasteiger partial charge is 0.354 e. The molecule has 106 valence electrons. The first-order valence-corrected chi connectivity index (χ1v) is 6.29. The van der Waals surface area contributed by atoms with Gasteiger partial charge < -0.3 is 10.6 Å². The minimum absolute atomic E-state index is 0.0451. The SMILES string of the molecule is CCNc1nc(Cl)nc(NCc2ccc(F)c(F)c2)n1. The van der Waals surface area contributed by atoms with Crippen LogP contribution in [0.25, 0.3) is 0 Å². The van der Waals surface area contributed by atoms with E-state index >= 15 is 0 Å². The van der Waals surface area contributed by atoms with Gasteiger partial charge in [0.2, 0.25) is 17.2 Å². The second-order valence-electron chi connectivity index (χ2n) is 3.88. The van der Waals surface area contributed by atoms with Crippen LogP contribution in [0.3, 0.4) is 0 Å². The van der Waals surface area contributed by atoms with E-state index in [1.807, 2.05) is 6.92 Å². The number of nitrogens with one attached hydrogen (secondary N) is 2. The predicted octanol–water partition coefficient (Wildman–Crippen LogP) is 2.85. The molecule has 0 amide bonds. The summed E-state index contributed by atoms with van der Waals surface area (Å²) >= 11 is 5.76. The van der Waals surface area contributed by atoms with Gasteiger partial charge in [-0.1, -0.05) is 6.07 Å². The number of halogens is 3. The molecule has 0 saturated carbocycles. The maximum absolute atomic E-state index is 13.1. The molecule has 5 nitrogen and oxygen atoms in total. The number of hydrogen-bond acceptors (Lipinski definition) is 5. The van der Waals surface area contributed by atoms with E-state index in [0.717, 1.165) is 12.1 Å². The van der Waals surface area contributed by atoms with Crippen molar-refractivity contribution in [1.82, 2.24) is 15.0 Å². The molecule has 1 aromatic heterocycles. The van der Waals surface area contributed by atoms with E-state index in [4.69, 9.17) is 11.6 Å². The average Bonchev–Trinajstić information content (AvgIpc) is 2.40. The van der Waals surface area contributed by atoms with Gasteiger partial charge in [0.1, 0.15) is 0 Å².